The van der Waals surface area contributed by atoms with Gasteiger partial charge < -0.3 is 23.9 Å². The van der Waals surface area contributed by atoms with E-state index >= 15 is 0 Å². The number of ether oxygens (including phenoxy) is 3. The molecule has 0 saturated carbocycles. The molecule has 1 aromatic heterocycles. The highest BCUT2D eigenvalue weighted by molar-refractivity contribution is 5.96. The van der Waals surface area contributed by atoms with Crippen LogP contribution in [0.2, 0.25) is 0 Å². The van der Waals surface area contributed by atoms with Crippen molar-refractivity contribution < 1.29 is 28.2 Å². The average Bonchev–Trinajstić information content (AvgIpc) is 2.88. The third-order valence-electron chi connectivity index (χ3n) is 5.75. The van der Waals surface area contributed by atoms with Gasteiger partial charge in [0.15, 0.2) is 6.04 Å². The summed E-state index contributed by atoms with van der Waals surface area (Å²) >= 11 is 0. The number of nitrogens with one attached hydrogen (secondary N) is 1. The van der Waals surface area contributed by atoms with Gasteiger partial charge in [-0.05, 0) is 68.7 Å². The summed E-state index contributed by atoms with van der Waals surface area (Å²) in [7, 11) is 1.58. The largest absolute Gasteiger partial charge is 0.497 e. The Morgan fingerprint density at radius 3 is 2.26 bits per heavy atom. The summed E-state index contributed by atoms with van der Waals surface area (Å²) in [6, 6.07) is 19.7. The van der Waals surface area contributed by atoms with Crippen molar-refractivity contribution in [1.29, 1.82) is 0 Å². The Morgan fingerprint density at radius 2 is 1.63 bits per heavy atom. The predicted molar refractivity (Wildman–Crippen MR) is 143 cm³/mol. The van der Waals surface area contributed by atoms with E-state index in [-0.39, 0.29) is 5.75 Å². The summed E-state index contributed by atoms with van der Waals surface area (Å²) < 4.78 is 21.8. The smallest absolute Gasteiger partial charge is 0.408 e. The average molecular weight is 516 g/mol. The maximum atomic E-state index is 13.3. The molecular formula is C30H29NO7. The number of benzene rings is 3. The van der Waals surface area contributed by atoms with E-state index < -0.39 is 29.3 Å². The van der Waals surface area contributed by atoms with Crippen molar-refractivity contribution >= 4 is 23.0 Å². The van der Waals surface area contributed by atoms with Gasteiger partial charge in [0.1, 0.15) is 22.7 Å². The second-order valence-electron chi connectivity index (χ2n) is 9.68. The van der Waals surface area contributed by atoms with Gasteiger partial charge in [-0.3, -0.25) is 0 Å². The molecule has 0 fully saturated rings. The summed E-state index contributed by atoms with van der Waals surface area (Å²) in [5.41, 5.74) is 1.48. The van der Waals surface area contributed by atoms with Crippen LogP contribution in [0.3, 0.4) is 0 Å². The Bertz CT molecular complexity index is 1520. The van der Waals surface area contributed by atoms with E-state index in [0.717, 1.165) is 5.56 Å². The highest BCUT2D eigenvalue weighted by Crippen LogP contribution is 2.34. The van der Waals surface area contributed by atoms with Crippen LogP contribution >= 0.6 is 0 Å². The highest BCUT2D eigenvalue weighted by Gasteiger charge is 2.28. The zero-order valence-corrected chi connectivity index (χ0v) is 21.9. The van der Waals surface area contributed by atoms with Crippen LogP contribution in [0.25, 0.3) is 22.1 Å². The maximum absolute atomic E-state index is 13.3. The van der Waals surface area contributed by atoms with Gasteiger partial charge in [0.25, 0.3) is 0 Å². The normalized spacial score (nSPS) is 12.0. The number of amides is 1. The van der Waals surface area contributed by atoms with Crippen LogP contribution in [0, 0.1) is 6.92 Å². The monoisotopic (exact) mass is 515 g/mol. The number of esters is 1. The first-order chi connectivity index (χ1) is 18.1. The second-order valence-corrected chi connectivity index (χ2v) is 9.68. The van der Waals surface area contributed by atoms with Crippen LogP contribution in [-0.4, -0.2) is 24.8 Å². The molecule has 38 heavy (non-hydrogen) atoms. The molecule has 8 heteroatoms. The Kier molecular flexibility index (Phi) is 7.52. The van der Waals surface area contributed by atoms with E-state index in [9.17, 15) is 14.4 Å². The Morgan fingerprint density at radius 1 is 0.947 bits per heavy atom. The third-order valence-corrected chi connectivity index (χ3v) is 5.75. The van der Waals surface area contributed by atoms with Gasteiger partial charge in [-0.25, -0.2) is 14.4 Å². The van der Waals surface area contributed by atoms with Gasteiger partial charge in [-0.1, -0.05) is 42.5 Å². The molecule has 1 amide bonds. The summed E-state index contributed by atoms with van der Waals surface area (Å²) in [5, 5.41) is 3.28. The van der Waals surface area contributed by atoms with Crippen molar-refractivity contribution in [3.8, 4) is 22.6 Å². The molecule has 0 radical (unpaired) electrons. The van der Waals surface area contributed by atoms with Gasteiger partial charge in [-0.2, -0.15) is 0 Å². The lowest BCUT2D eigenvalue weighted by Crippen LogP contribution is -2.39. The quantitative estimate of drug-likeness (QED) is 0.192. The zero-order valence-electron chi connectivity index (χ0n) is 21.9. The highest BCUT2D eigenvalue weighted by atomic mass is 16.6. The van der Waals surface area contributed by atoms with Crippen LogP contribution < -0.4 is 20.4 Å². The lowest BCUT2D eigenvalue weighted by atomic mass is 10.00. The molecule has 4 aromatic rings. The molecule has 0 spiro atoms. The molecular weight excluding hydrogens is 486 g/mol. The molecule has 0 bridgehead atoms. The Hall–Kier alpha value is -4.59. The van der Waals surface area contributed by atoms with E-state index in [4.69, 9.17) is 18.6 Å². The molecule has 1 heterocycles. The first kappa shape index (κ1) is 26.5. The topological polar surface area (TPSA) is 104 Å². The predicted octanol–water partition coefficient (Wildman–Crippen LogP) is 5.95. The number of methoxy groups -OCH3 is 1. The van der Waals surface area contributed by atoms with Crippen molar-refractivity contribution in [3.63, 3.8) is 0 Å². The lowest BCUT2D eigenvalue weighted by molar-refractivity contribution is -0.137. The second kappa shape index (κ2) is 10.8. The van der Waals surface area contributed by atoms with Crippen LogP contribution in [0.5, 0.6) is 11.5 Å². The fourth-order valence-corrected chi connectivity index (χ4v) is 3.98. The molecule has 1 atom stereocenters. The minimum atomic E-state index is -1.13. The van der Waals surface area contributed by atoms with Crippen molar-refractivity contribution in [1.82, 2.24) is 5.32 Å². The number of fused-ring (bicyclic) bond motifs is 1. The number of carbonyl (C=O) groups excluding carboxylic acids is 2. The number of alkyl carbamates (subject to hydrolysis) is 1. The Balaban J connectivity index is 1.68. The van der Waals surface area contributed by atoms with E-state index in [1.165, 1.54) is 6.07 Å². The van der Waals surface area contributed by atoms with Gasteiger partial charge >= 0.3 is 17.7 Å². The van der Waals surface area contributed by atoms with E-state index in [2.05, 4.69) is 5.32 Å². The van der Waals surface area contributed by atoms with E-state index in [1.807, 2.05) is 12.1 Å². The maximum Gasteiger partial charge on any atom is 0.408 e. The summed E-state index contributed by atoms with van der Waals surface area (Å²) in [5.74, 6) is 0.168. The van der Waals surface area contributed by atoms with Crippen LogP contribution in [0.15, 0.2) is 82.0 Å². The first-order valence-electron chi connectivity index (χ1n) is 12.0. The molecule has 0 aliphatic heterocycles. The first-order valence-corrected chi connectivity index (χ1v) is 12.0. The summed E-state index contributed by atoms with van der Waals surface area (Å²) in [4.78, 5) is 38.3. The molecule has 0 unspecified atom stereocenters. The van der Waals surface area contributed by atoms with Gasteiger partial charge in [0, 0.05) is 17.0 Å². The minimum absolute atomic E-state index is 0.199. The van der Waals surface area contributed by atoms with Gasteiger partial charge in [-0.15, -0.1) is 0 Å². The standard InChI is InChI=1S/C30H29NO7/c1-18-24(36-28(33)26(20-9-7-6-8-10-20)31-29(34)38-30(2,3)4)16-15-22-23(17-25(32)37-27(18)22)19-11-13-21(35-5)14-12-19/h6-17,26H,1-5H3,(H,31,34)/t26-/m0/s1. The minimum Gasteiger partial charge on any atom is -0.497 e. The van der Waals surface area contributed by atoms with Gasteiger partial charge in [0.2, 0.25) is 0 Å². The number of rotatable bonds is 6. The number of carbonyl (C=O) groups is 2. The summed E-state index contributed by atoms with van der Waals surface area (Å²) in [6.07, 6.45) is -0.756. The van der Waals surface area contributed by atoms with Crippen LogP contribution in [0.4, 0.5) is 4.79 Å². The van der Waals surface area contributed by atoms with Crippen LogP contribution in [0.1, 0.15) is 37.9 Å². The van der Waals surface area contributed by atoms with Crippen molar-refractivity contribution in [2.75, 3.05) is 7.11 Å². The molecule has 0 aliphatic rings. The van der Waals surface area contributed by atoms with Crippen molar-refractivity contribution in [2.24, 2.45) is 0 Å². The number of hydrogen-bond acceptors (Lipinski definition) is 7. The van der Waals surface area contributed by atoms with E-state index in [0.29, 0.717) is 33.4 Å². The molecule has 196 valence electrons. The lowest BCUT2D eigenvalue weighted by Gasteiger charge is -2.23. The van der Waals surface area contributed by atoms with Crippen molar-refractivity contribution in [3.05, 3.63) is 94.3 Å². The van der Waals surface area contributed by atoms with Crippen LogP contribution in [-0.2, 0) is 9.53 Å². The summed E-state index contributed by atoms with van der Waals surface area (Å²) in [6.45, 7) is 6.89. The number of aryl methyl sites for hydroxylation is 1. The molecule has 3 aromatic carbocycles. The number of hydrogen-bond donors (Lipinski definition) is 1. The molecule has 1 N–H and O–H groups in total. The third kappa shape index (κ3) is 6.03. The fourth-order valence-electron chi connectivity index (χ4n) is 3.98. The zero-order chi connectivity index (χ0) is 27.4. The van der Waals surface area contributed by atoms with E-state index in [1.54, 1.807) is 89.4 Å². The van der Waals surface area contributed by atoms with Crippen molar-refractivity contribution in [2.45, 2.75) is 39.3 Å². The molecule has 0 aliphatic carbocycles. The SMILES string of the molecule is COc1ccc(-c2cc(=O)oc3c(C)c(OC(=O)[C@@H](NC(=O)OC(C)(C)C)c4ccccc4)ccc23)cc1. The fraction of sp³-hybridized carbons (Fsp3) is 0.233. The molecule has 0 saturated heterocycles. The molecule has 4 rings (SSSR count). The van der Waals surface area contributed by atoms with Gasteiger partial charge in [0.05, 0.1) is 7.11 Å². The molecule has 8 nitrogen and oxygen atoms in total. The Labute approximate surface area is 220 Å².